The van der Waals surface area contributed by atoms with Crippen LogP contribution in [0, 0.1) is 0 Å². The molecule has 0 unspecified atom stereocenters. The zero-order valence-electron chi connectivity index (χ0n) is 12.3. The summed E-state index contributed by atoms with van der Waals surface area (Å²) in [6, 6.07) is 14.4. The number of benzene rings is 2. The summed E-state index contributed by atoms with van der Waals surface area (Å²) >= 11 is 0. The highest BCUT2D eigenvalue weighted by Crippen LogP contribution is 2.22. The maximum absolute atomic E-state index is 12.2. The van der Waals surface area contributed by atoms with E-state index < -0.39 is 0 Å². The SMILES string of the molecule is O=C(NC[C@H]1CCCO1)c1cccc(-c2ccc(O)cc2)c1. The van der Waals surface area contributed by atoms with Gasteiger partial charge in [-0.05, 0) is 48.2 Å². The number of hydrogen-bond acceptors (Lipinski definition) is 3. The summed E-state index contributed by atoms with van der Waals surface area (Å²) in [7, 11) is 0. The van der Waals surface area contributed by atoms with Crippen LogP contribution in [-0.4, -0.2) is 30.3 Å². The van der Waals surface area contributed by atoms with Gasteiger partial charge in [0.25, 0.3) is 5.91 Å². The Balaban J connectivity index is 1.69. The van der Waals surface area contributed by atoms with Crippen LogP contribution in [0.15, 0.2) is 48.5 Å². The van der Waals surface area contributed by atoms with Crippen LogP contribution >= 0.6 is 0 Å². The Morgan fingerprint density at radius 1 is 1.18 bits per heavy atom. The molecule has 0 bridgehead atoms. The van der Waals surface area contributed by atoms with Crippen LogP contribution in [0.2, 0.25) is 0 Å². The highest BCUT2D eigenvalue weighted by atomic mass is 16.5. The summed E-state index contributed by atoms with van der Waals surface area (Å²) in [5.41, 5.74) is 2.54. The lowest BCUT2D eigenvalue weighted by molar-refractivity contribution is 0.0858. The summed E-state index contributed by atoms with van der Waals surface area (Å²) < 4.78 is 5.51. The molecule has 1 atom stereocenters. The maximum atomic E-state index is 12.2. The third-order valence-corrected chi connectivity index (χ3v) is 3.84. The standard InChI is InChI=1S/C18H19NO3/c20-16-8-6-13(7-9-16)14-3-1-4-15(11-14)18(21)19-12-17-5-2-10-22-17/h1,3-4,6-9,11,17,20H,2,5,10,12H2,(H,19,21)/t17-/m1/s1. The summed E-state index contributed by atoms with van der Waals surface area (Å²) in [5.74, 6) is 0.144. The van der Waals surface area contributed by atoms with Gasteiger partial charge in [0.15, 0.2) is 0 Å². The number of nitrogens with one attached hydrogen (secondary N) is 1. The minimum atomic E-state index is -0.0869. The van der Waals surface area contributed by atoms with Crippen molar-refractivity contribution in [3.05, 3.63) is 54.1 Å². The van der Waals surface area contributed by atoms with Gasteiger partial charge in [0, 0.05) is 18.7 Å². The van der Waals surface area contributed by atoms with Crippen molar-refractivity contribution in [2.24, 2.45) is 0 Å². The van der Waals surface area contributed by atoms with E-state index in [0.29, 0.717) is 12.1 Å². The lowest BCUT2D eigenvalue weighted by Gasteiger charge is -2.11. The molecule has 1 saturated heterocycles. The van der Waals surface area contributed by atoms with Crippen molar-refractivity contribution in [2.75, 3.05) is 13.2 Å². The Kier molecular flexibility index (Phi) is 4.39. The Labute approximate surface area is 129 Å². The van der Waals surface area contributed by atoms with Gasteiger partial charge in [-0.25, -0.2) is 0 Å². The first kappa shape index (κ1) is 14.6. The molecule has 114 valence electrons. The molecule has 0 aromatic heterocycles. The van der Waals surface area contributed by atoms with E-state index in [9.17, 15) is 9.90 Å². The summed E-state index contributed by atoms with van der Waals surface area (Å²) in [6.45, 7) is 1.35. The summed E-state index contributed by atoms with van der Waals surface area (Å²) in [5, 5.41) is 12.3. The Morgan fingerprint density at radius 3 is 2.73 bits per heavy atom. The molecule has 1 fully saturated rings. The number of carbonyl (C=O) groups is 1. The molecule has 4 nitrogen and oxygen atoms in total. The molecule has 22 heavy (non-hydrogen) atoms. The third-order valence-electron chi connectivity index (χ3n) is 3.84. The lowest BCUT2D eigenvalue weighted by Crippen LogP contribution is -2.31. The molecule has 0 spiro atoms. The molecule has 0 radical (unpaired) electrons. The largest absolute Gasteiger partial charge is 0.508 e. The van der Waals surface area contributed by atoms with Crippen LogP contribution in [-0.2, 0) is 4.74 Å². The van der Waals surface area contributed by atoms with Crippen molar-refractivity contribution in [2.45, 2.75) is 18.9 Å². The van der Waals surface area contributed by atoms with Crippen LogP contribution < -0.4 is 5.32 Å². The molecular weight excluding hydrogens is 278 g/mol. The Hall–Kier alpha value is -2.33. The average Bonchev–Trinajstić information content (AvgIpc) is 3.07. The fourth-order valence-electron chi connectivity index (χ4n) is 2.61. The molecule has 1 amide bonds. The molecule has 2 aromatic carbocycles. The van der Waals surface area contributed by atoms with E-state index in [0.717, 1.165) is 30.6 Å². The second-order valence-corrected chi connectivity index (χ2v) is 5.47. The number of carbonyl (C=O) groups excluding carboxylic acids is 1. The average molecular weight is 297 g/mol. The fraction of sp³-hybridized carbons (Fsp3) is 0.278. The first-order valence-electron chi connectivity index (χ1n) is 7.51. The van der Waals surface area contributed by atoms with E-state index in [1.54, 1.807) is 18.2 Å². The van der Waals surface area contributed by atoms with E-state index in [1.807, 2.05) is 30.3 Å². The molecule has 0 saturated carbocycles. The first-order chi connectivity index (χ1) is 10.7. The zero-order chi connectivity index (χ0) is 15.4. The number of phenols is 1. The van der Waals surface area contributed by atoms with Crippen molar-refractivity contribution in [1.29, 1.82) is 0 Å². The van der Waals surface area contributed by atoms with Gasteiger partial charge in [0.1, 0.15) is 5.75 Å². The highest BCUT2D eigenvalue weighted by molar-refractivity contribution is 5.95. The van der Waals surface area contributed by atoms with Gasteiger partial charge in [0.2, 0.25) is 0 Å². The molecule has 0 aliphatic carbocycles. The number of hydrogen-bond donors (Lipinski definition) is 2. The highest BCUT2D eigenvalue weighted by Gasteiger charge is 2.16. The van der Waals surface area contributed by atoms with E-state index in [4.69, 9.17) is 4.74 Å². The monoisotopic (exact) mass is 297 g/mol. The smallest absolute Gasteiger partial charge is 0.251 e. The lowest BCUT2D eigenvalue weighted by atomic mass is 10.0. The van der Waals surface area contributed by atoms with Crippen LogP contribution in [0.25, 0.3) is 11.1 Å². The van der Waals surface area contributed by atoms with E-state index >= 15 is 0 Å². The normalized spacial score (nSPS) is 17.4. The van der Waals surface area contributed by atoms with Gasteiger partial charge in [-0.15, -0.1) is 0 Å². The minimum Gasteiger partial charge on any atom is -0.508 e. The second-order valence-electron chi connectivity index (χ2n) is 5.47. The summed E-state index contributed by atoms with van der Waals surface area (Å²) in [6.07, 6.45) is 2.22. The van der Waals surface area contributed by atoms with E-state index in [2.05, 4.69) is 5.32 Å². The molecule has 1 aliphatic rings. The van der Waals surface area contributed by atoms with Crippen molar-refractivity contribution >= 4 is 5.91 Å². The van der Waals surface area contributed by atoms with Crippen LogP contribution in [0.3, 0.4) is 0 Å². The minimum absolute atomic E-state index is 0.0869. The molecule has 1 heterocycles. The van der Waals surface area contributed by atoms with Gasteiger partial charge >= 0.3 is 0 Å². The van der Waals surface area contributed by atoms with Gasteiger partial charge < -0.3 is 15.2 Å². The van der Waals surface area contributed by atoms with Gasteiger partial charge in [-0.1, -0.05) is 24.3 Å². The molecule has 2 N–H and O–H groups in total. The van der Waals surface area contributed by atoms with Crippen molar-refractivity contribution in [3.8, 4) is 16.9 Å². The number of rotatable bonds is 4. The van der Waals surface area contributed by atoms with Gasteiger partial charge in [0.05, 0.1) is 6.10 Å². The fourth-order valence-corrected chi connectivity index (χ4v) is 2.61. The third kappa shape index (κ3) is 3.46. The van der Waals surface area contributed by atoms with Crippen LogP contribution in [0.5, 0.6) is 5.75 Å². The van der Waals surface area contributed by atoms with E-state index in [-0.39, 0.29) is 17.8 Å². The number of aromatic hydroxyl groups is 1. The Morgan fingerprint density at radius 2 is 2.00 bits per heavy atom. The van der Waals surface area contributed by atoms with Gasteiger partial charge in [-0.2, -0.15) is 0 Å². The van der Waals surface area contributed by atoms with Crippen molar-refractivity contribution in [1.82, 2.24) is 5.32 Å². The molecular formula is C18H19NO3. The van der Waals surface area contributed by atoms with Gasteiger partial charge in [-0.3, -0.25) is 4.79 Å². The quantitative estimate of drug-likeness (QED) is 0.912. The van der Waals surface area contributed by atoms with Crippen molar-refractivity contribution < 1.29 is 14.6 Å². The number of ether oxygens (including phenoxy) is 1. The predicted molar refractivity (Wildman–Crippen MR) is 84.9 cm³/mol. The topological polar surface area (TPSA) is 58.6 Å². The predicted octanol–water partition coefficient (Wildman–Crippen LogP) is 2.97. The van der Waals surface area contributed by atoms with Crippen molar-refractivity contribution in [3.63, 3.8) is 0 Å². The Bertz CT molecular complexity index is 646. The zero-order valence-corrected chi connectivity index (χ0v) is 12.3. The maximum Gasteiger partial charge on any atom is 0.251 e. The molecule has 2 aromatic rings. The first-order valence-corrected chi connectivity index (χ1v) is 7.51. The number of amides is 1. The molecule has 3 rings (SSSR count). The molecule has 1 aliphatic heterocycles. The number of phenolic OH excluding ortho intramolecular Hbond substituents is 1. The second kappa shape index (κ2) is 6.62. The van der Waals surface area contributed by atoms with E-state index in [1.165, 1.54) is 0 Å². The summed E-state index contributed by atoms with van der Waals surface area (Å²) in [4.78, 5) is 12.2. The van der Waals surface area contributed by atoms with Crippen LogP contribution in [0.4, 0.5) is 0 Å². The molecule has 4 heteroatoms. The van der Waals surface area contributed by atoms with Crippen LogP contribution in [0.1, 0.15) is 23.2 Å².